The van der Waals surface area contributed by atoms with Gasteiger partial charge >= 0.3 is 5.97 Å². The zero-order valence-electron chi connectivity index (χ0n) is 8.48. The Labute approximate surface area is 81.8 Å². The molecule has 1 aromatic rings. The number of rotatable bonds is 4. The van der Waals surface area contributed by atoms with Gasteiger partial charge in [0.05, 0.1) is 20.2 Å². The Morgan fingerprint density at radius 3 is 2.86 bits per heavy atom. The largest absolute Gasteiger partial charge is 0.468 e. The first kappa shape index (κ1) is 10.6. The van der Waals surface area contributed by atoms with Crippen LogP contribution in [-0.2, 0) is 16.1 Å². The molecule has 14 heavy (non-hydrogen) atoms. The average molecular weight is 199 g/mol. The monoisotopic (exact) mass is 199 g/mol. The number of aryl methyl sites for hydroxylation is 1. The number of hydrogen-bond acceptors (Lipinski definition) is 6. The van der Waals surface area contributed by atoms with Crippen LogP contribution in [0.25, 0.3) is 0 Å². The summed E-state index contributed by atoms with van der Waals surface area (Å²) < 4.78 is 9.31. The molecule has 1 aromatic heterocycles. The van der Waals surface area contributed by atoms with Crippen LogP contribution in [0.5, 0.6) is 0 Å². The minimum absolute atomic E-state index is 0.212. The van der Waals surface area contributed by atoms with Gasteiger partial charge in [0, 0.05) is 6.92 Å². The number of aromatic nitrogens is 2. The molecule has 78 valence electrons. The third-order valence-corrected chi connectivity index (χ3v) is 1.61. The van der Waals surface area contributed by atoms with Gasteiger partial charge in [-0.3, -0.25) is 9.69 Å². The van der Waals surface area contributed by atoms with Crippen molar-refractivity contribution in [3.8, 4) is 0 Å². The number of methoxy groups -OCH3 is 1. The molecular formula is C8H13N3O3. The predicted octanol–water partition coefficient (Wildman–Crippen LogP) is -0.0172. The quantitative estimate of drug-likeness (QED) is 0.635. The average Bonchev–Trinajstić information content (AvgIpc) is 2.50. The fourth-order valence-corrected chi connectivity index (χ4v) is 0.988. The van der Waals surface area contributed by atoms with Gasteiger partial charge < -0.3 is 9.26 Å². The number of carbonyl (C=O) groups excluding carboxylic acids is 1. The van der Waals surface area contributed by atoms with Crippen LogP contribution in [0.15, 0.2) is 4.52 Å². The highest BCUT2D eigenvalue weighted by Gasteiger charge is 2.09. The number of carbonyl (C=O) groups is 1. The van der Waals surface area contributed by atoms with E-state index in [-0.39, 0.29) is 12.5 Å². The molecule has 0 bridgehead atoms. The molecule has 6 nitrogen and oxygen atoms in total. The molecule has 0 saturated heterocycles. The van der Waals surface area contributed by atoms with E-state index in [1.54, 1.807) is 18.9 Å². The van der Waals surface area contributed by atoms with Gasteiger partial charge in [0.25, 0.3) is 0 Å². The molecule has 1 rings (SSSR count). The maximum Gasteiger partial charge on any atom is 0.319 e. The Morgan fingerprint density at radius 1 is 1.64 bits per heavy atom. The van der Waals surface area contributed by atoms with Crippen LogP contribution in [0.3, 0.4) is 0 Å². The highest BCUT2D eigenvalue weighted by atomic mass is 16.5. The summed E-state index contributed by atoms with van der Waals surface area (Å²) in [5.74, 6) is 0.799. The molecule has 0 N–H and O–H groups in total. The summed E-state index contributed by atoms with van der Waals surface area (Å²) >= 11 is 0. The van der Waals surface area contributed by atoms with Crippen LogP contribution in [0.4, 0.5) is 0 Å². The van der Waals surface area contributed by atoms with Crippen molar-refractivity contribution in [1.82, 2.24) is 15.0 Å². The van der Waals surface area contributed by atoms with E-state index < -0.39 is 0 Å². The molecule has 0 aliphatic carbocycles. The second kappa shape index (κ2) is 4.71. The molecule has 0 radical (unpaired) electrons. The van der Waals surface area contributed by atoms with Gasteiger partial charge in [-0.15, -0.1) is 0 Å². The van der Waals surface area contributed by atoms with Gasteiger partial charge in [0.1, 0.15) is 0 Å². The lowest BCUT2D eigenvalue weighted by Gasteiger charge is -2.11. The fraction of sp³-hybridized carbons (Fsp3) is 0.625. The van der Waals surface area contributed by atoms with Crippen LogP contribution >= 0.6 is 0 Å². The van der Waals surface area contributed by atoms with Gasteiger partial charge in [0.15, 0.2) is 5.82 Å². The smallest absolute Gasteiger partial charge is 0.319 e. The summed E-state index contributed by atoms with van der Waals surface area (Å²) in [6, 6.07) is 0. The van der Waals surface area contributed by atoms with Gasteiger partial charge in [-0.05, 0) is 7.05 Å². The van der Waals surface area contributed by atoms with Crippen molar-refractivity contribution in [1.29, 1.82) is 0 Å². The lowest BCUT2D eigenvalue weighted by Crippen LogP contribution is -2.26. The molecule has 0 unspecified atom stereocenters. The summed E-state index contributed by atoms with van der Waals surface area (Å²) in [6.07, 6.45) is 0. The minimum atomic E-state index is -0.285. The number of esters is 1. The molecule has 0 spiro atoms. The molecule has 1 heterocycles. The number of likely N-dealkylation sites (N-methyl/N-ethyl adjacent to an activating group) is 1. The lowest BCUT2D eigenvalue weighted by molar-refractivity contribution is -0.141. The minimum Gasteiger partial charge on any atom is -0.468 e. The molecule has 0 aliphatic heterocycles. The molecule has 0 amide bonds. The molecule has 0 fully saturated rings. The van der Waals surface area contributed by atoms with Gasteiger partial charge in [-0.2, -0.15) is 4.98 Å². The van der Waals surface area contributed by atoms with Gasteiger partial charge in [-0.25, -0.2) is 0 Å². The Balaban J connectivity index is 2.41. The normalized spacial score (nSPS) is 10.6. The molecule has 0 aliphatic rings. The molecule has 0 aromatic carbocycles. The summed E-state index contributed by atoms with van der Waals surface area (Å²) in [5.41, 5.74) is 0. The Bertz CT molecular complexity index is 311. The maximum atomic E-state index is 10.9. The molecule has 6 heteroatoms. The van der Waals surface area contributed by atoms with Crippen molar-refractivity contribution in [2.75, 3.05) is 20.7 Å². The van der Waals surface area contributed by atoms with Crippen LogP contribution in [0.2, 0.25) is 0 Å². The van der Waals surface area contributed by atoms with E-state index in [0.717, 1.165) is 0 Å². The van der Waals surface area contributed by atoms with Crippen LogP contribution in [-0.4, -0.2) is 41.7 Å². The summed E-state index contributed by atoms with van der Waals surface area (Å²) in [5, 5.41) is 3.71. The summed E-state index contributed by atoms with van der Waals surface area (Å²) in [7, 11) is 3.14. The number of nitrogens with zero attached hydrogens (tertiary/aromatic N) is 3. The van der Waals surface area contributed by atoms with Crippen LogP contribution in [0.1, 0.15) is 11.7 Å². The zero-order chi connectivity index (χ0) is 10.6. The van der Waals surface area contributed by atoms with Crippen molar-refractivity contribution < 1.29 is 14.1 Å². The Hall–Kier alpha value is -1.43. The third-order valence-electron chi connectivity index (χ3n) is 1.61. The first-order chi connectivity index (χ1) is 6.61. The van der Waals surface area contributed by atoms with Gasteiger partial charge in [-0.1, -0.05) is 5.16 Å². The van der Waals surface area contributed by atoms with E-state index in [4.69, 9.17) is 4.52 Å². The van der Waals surface area contributed by atoms with Crippen LogP contribution in [0, 0.1) is 6.92 Å². The molecule has 0 saturated carbocycles. The van der Waals surface area contributed by atoms with Crippen molar-refractivity contribution in [3.05, 3.63) is 11.7 Å². The van der Waals surface area contributed by atoms with E-state index in [9.17, 15) is 4.79 Å². The Kier molecular flexibility index (Phi) is 3.58. The van der Waals surface area contributed by atoms with Crippen molar-refractivity contribution in [3.63, 3.8) is 0 Å². The second-order valence-electron chi connectivity index (χ2n) is 2.98. The van der Waals surface area contributed by atoms with E-state index in [1.165, 1.54) is 7.11 Å². The number of hydrogen-bond donors (Lipinski definition) is 0. The van der Waals surface area contributed by atoms with Crippen molar-refractivity contribution >= 4 is 5.97 Å². The molecular weight excluding hydrogens is 186 g/mol. The summed E-state index contributed by atoms with van der Waals surface area (Å²) in [4.78, 5) is 16.6. The Morgan fingerprint density at radius 2 is 2.36 bits per heavy atom. The van der Waals surface area contributed by atoms with E-state index in [0.29, 0.717) is 18.3 Å². The molecule has 0 atom stereocenters. The predicted molar refractivity (Wildman–Crippen MR) is 47.4 cm³/mol. The second-order valence-corrected chi connectivity index (χ2v) is 2.98. The highest BCUT2D eigenvalue weighted by Crippen LogP contribution is 1.98. The topological polar surface area (TPSA) is 68.5 Å². The first-order valence-electron chi connectivity index (χ1n) is 4.16. The summed E-state index contributed by atoms with van der Waals surface area (Å²) in [6.45, 7) is 2.40. The third kappa shape index (κ3) is 3.14. The number of ether oxygens (including phenoxy) is 1. The zero-order valence-corrected chi connectivity index (χ0v) is 8.48. The fourth-order valence-electron chi connectivity index (χ4n) is 0.988. The first-order valence-corrected chi connectivity index (χ1v) is 4.16. The SMILES string of the molecule is COC(=O)CN(C)Cc1noc(C)n1. The van der Waals surface area contributed by atoms with E-state index in [2.05, 4.69) is 14.9 Å². The lowest BCUT2D eigenvalue weighted by atomic mass is 10.5. The van der Waals surface area contributed by atoms with Crippen molar-refractivity contribution in [2.45, 2.75) is 13.5 Å². The van der Waals surface area contributed by atoms with Crippen molar-refractivity contribution in [2.24, 2.45) is 0 Å². The van der Waals surface area contributed by atoms with E-state index in [1.807, 2.05) is 0 Å². The van der Waals surface area contributed by atoms with Gasteiger partial charge in [0.2, 0.25) is 5.89 Å². The van der Waals surface area contributed by atoms with E-state index >= 15 is 0 Å². The standard InChI is InChI=1S/C8H13N3O3/c1-6-9-7(10-14-6)4-11(2)5-8(12)13-3/h4-5H2,1-3H3. The maximum absolute atomic E-state index is 10.9. The van der Waals surface area contributed by atoms with Crippen LogP contribution < -0.4 is 0 Å². The highest BCUT2D eigenvalue weighted by molar-refractivity contribution is 5.71.